The Bertz CT molecular complexity index is 1060. The van der Waals surface area contributed by atoms with Crippen LogP contribution in [0.15, 0.2) is 12.1 Å². The second-order valence-corrected chi connectivity index (χ2v) is 8.74. The van der Waals surface area contributed by atoms with Gasteiger partial charge in [0.1, 0.15) is 22.5 Å². The van der Waals surface area contributed by atoms with Gasteiger partial charge in [0.2, 0.25) is 5.95 Å². The van der Waals surface area contributed by atoms with Crippen LogP contribution in [0.3, 0.4) is 0 Å². The molecule has 1 aromatic carbocycles. The zero-order valence-electron chi connectivity index (χ0n) is 18.4. The predicted molar refractivity (Wildman–Crippen MR) is 124 cm³/mol. The maximum atomic E-state index is 10.2. The number of benzene rings is 1. The average Bonchev–Trinajstić information content (AvgIpc) is 3.05. The van der Waals surface area contributed by atoms with Crippen LogP contribution in [0.25, 0.3) is 11.0 Å². The van der Waals surface area contributed by atoms with E-state index in [0.29, 0.717) is 23.9 Å². The van der Waals surface area contributed by atoms with Gasteiger partial charge in [-0.3, -0.25) is 4.68 Å². The molecule has 31 heavy (non-hydrogen) atoms. The molecule has 0 spiro atoms. The fraction of sp³-hybridized carbons (Fsp3) is 0.476. The molecular formula is C21H30ClN7O2. The van der Waals surface area contributed by atoms with Crippen LogP contribution < -0.4 is 16.4 Å². The number of nitrogens with zero attached hydrogens (tertiary/aromatic N) is 4. The first-order valence-corrected chi connectivity index (χ1v) is 10.7. The molecular weight excluding hydrogens is 418 g/mol. The van der Waals surface area contributed by atoms with Crippen LogP contribution in [0.4, 0.5) is 11.8 Å². The van der Waals surface area contributed by atoms with E-state index in [0.717, 1.165) is 16.7 Å². The van der Waals surface area contributed by atoms with Crippen molar-refractivity contribution in [3.05, 3.63) is 28.4 Å². The Hall–Kier alpha value is -2.78. The van der Waals surface area contributed by atoms with E-state index in [-0.39, 0.29) is 41.1 Å². The van der Waals surface area contributed by atoms with Gasteiger partial charge >= 0.3 is 0 Å². The summed E-state index contributed by atoms with van der Waals surface area (Å²) in [5.74, 6) is 0.939. The molecule has 1 atom stereocenters. The monoisotopic (exact) mass is 447 g/mol. The van der Waals surface area contributed by atoms with Gasteiger partial charge < -0.3 is 26.6 Å². The third-order valence-electron chi connectivity index (χ3n) is 4.79. The Morgan fingerprint density at radius 1 is 1.06 bits per heavy atom. The molecule has 2 aromatic heterocycles. The lowest BCUT2D eigenvalue weighted by Gasteiger charge is -2.15. The van der Waals surface area contributed by atoms with Crippen molar-refractivity contribution in [2.45, 2.75) is 59.2 Å². The first kappa shape index (κ1) is 22.9. The molecule has 9 nitrogen and oxygen atoms in total. The Kier molecular flexibility index (Phi) is 6.76. The summed E-state index contributed by atoms with van der Waals surface area (Å²) in [5, 5.41) is 31.9. The number of aromatic nitrogens is 4. The third kappa shape index (κ3) is 4.94. The van der Waals surface area contributed by atoms with E-state index >= 15 is 0 Å². The number of fused-ring (bicyclic) bond motifs is 1. The van der Waals surface area contributed by atoms with Crippen molar-refractivity contribution in [3.8, 4) is 11.5 Å². The van der Waals surface area contributed by atoms with Gasteiger partial charge in [-0.25, -0.2) is 4.98 Å². The molecule has 0 bridgehead atoms. The summed E-state index contributed by atoms with van der Waals surface area (Å²) >= 11 is 5.90. The smallest absolute Gasteiger partial charge is 0.225 e. The summed E-state index contributed by atoms with van der Waals surface area (Å²) in [6.45, 7) is 10.8. The second-order valence-electron chi connectivity index (χ2n) is 8.31. The molecule has 0 fully saturated rings. The Labute approximate surface area is 186 Å². The fourth-order valence-corrected chi connectivity index (χ4v) is 3.45. The minimum Gasteiger partial charge on any atom is -0.507 e. The van der Waals surface area contributed by atoms with Crippen molar-refractivity contribution in [3.63, 3.8) is 0 Å². The van der Waals surface area contributed by atoms with Gasteiger partial charge in [0.25, 0.3) is 0 Å². The van der Waals surface area contributed by atoms with Gasteiger partial charge in [-0.05, 0) is 38.8 Å². The summed E-state index contributed by atoms with van der Waals surface area (Å²) in [6, 6.07) is 2.79. The first-order valence-electron chi connectivity index (χ1n) is 10.3. The molecule has 0 aliphatic rings. The highest BCUT2D eigenvalue weighted by molar-refractivity contribution is 6.30. The molecule has 1 unspecified atom stereocenters. The minimum atomic E-state index is -0.0988. The van der Waals surface area contributed by atoms with E-state index < -0.39 is 0 Å². The Balaban J connectivity index is 2.11. The normalized spacial score (nSPS) is 12.7. The number of nitrogens with two attached hydrogens (primary N) is 1. The van der Waals surface area contributed by atoms with Crippen LogP contribution in [0.5, 0.6) is 11.5 Å². The molecule has 0 saturated heterocycles. The number of aromatic hydroxyl groups is 2. The number of anilines is 2. The molecule has 6 N–H and O–H groups in total. The van der Waals surface area contributed by atoms with Crippen molar-refractivity contribution >= 4 is 34.4 Å². The van der Waals surface area contributed by atoms with Crippen LogP contribution >= 0.6 is 11.6 Å². The molecule has 0 aliphatic carbocycles. The minimum absolute atomic E-state index is 0.0679. The first-order chi connectivity index (χ1) is 14.6. The largest absolute Gasteiger partial charge is 0.507 e. The summed E-state index contributed by atoms with van der Waals surface area (Å²) in [4.78, 5) is 9.36. The van der Waals surface area contributed by atoms with Gasteiger partial charge in [-0.1, -0.05) is 25.4 Å². The maximum absolute atomic E-state index is 10.2. The molecule has 0 radical (unpaired) electrons. The van der Waals surface area contributed by atoms with Gasteiger partial charge in [0, 0.05) is 30.2 Å². The number of rotatable bonds is 8. The lowest BCUT2D eigenvalue weighted by molar-refractivity contribution is 0.440. The van der Waals surface area contributed by atoms with E-state index in [2.05, 4.69) is 29.5 Å². The van der Waals surface area contributed by atoms with Crippen molar-refractivity contribution < 1.29 is 10.2 Å². The zero-order chi connectivity index (χ0) is 22.9. The third-order valence-corrected chi connectivity index (χ3v) is 5.01. The SMILES string of the molecule is CC(N)CNc1nc(NCc2c(O)cc(Cl)cc2O)c2c(n1)c(C(C)C)nn2C(C)C. The highest BCUT2D eigenvalue weighted by Gasteiger charge is 2.22. The lowest BCUT2D eigenvalue weighted by atomic mass is 10.1. The van der Waals surface area contributed by atoms with Crippen LogP contribution in [0.2, 0.25) is 5.02 Å². The molecule has 3 aromatic rings. The van der Waals surface area contributed by atoms with E-state index in [9.17, 15) is 10.2 Å². The van der Waals surface area contributed by atoms with Crippen molar-refractivity contribution in [1.82, 2.24) is 19.7 Å². The van der Waals surface area contributed by atoms with E-state index in [1.807, 2.05) is 25.5 Å². The van der Waals surface area contributed by atoms with Crippen LogP contribution in [0.1, 0.15) is 57.8 Å². The van der Waals surface area contributed by atoms with E-state index in [1.165, 1.54) is 12.1 Å². The fourth-order valence-electron chi connectivity index (χ4n) is 3.24. The summed E-state index contributed by atoms with van der Waals surface area (Å²) in [7, 11) is 0. The highest BCUT2D eigenvalue weighted by atomic mass is 35.5. The van der Waals surface area contributed by atoms with E-state index in [1.54, 1.807) is 0 Å². The van der Waals surface area contributed by atoms with Crippen molar-refractivity contribution in [2.24, 2.45) is 5.73 Å². The van der Waals surface area contributed by atoms with Crippen LogP contribution in [0, 0.1) is 0 Å². The second kappa shape index (κ2) is 9.15. The molecule has 3 rings (SSSR count). The maximum Gasteiger partial charge on any atom is 0.225 e. The summed E-state index contributed by atoms with van der Waals surface area (Å²) in [5.41, 5.74) is 8.58. The summed E-state index contributed by atoms with van der Waals surface area (Å²) < 4.78 is 1.89. The van der Waals surface area contributed by atoms with Gasteiger partial charge in [-0.2, -0.15) is 10.1 Å². The number of hydrogen-bond donors (Lipinski definition) is 5. The van der Waals surface area contributed by atoms with Gasteiger partial charge in [0.15, 0.2) is 5.82 Å². The van der Waals surface area contributed by atoms with Crippen molar-refractivity contribution in [1.29, 1.82) is 0 Å². The quantitative estimate of drug-likeness (QED) is 0.350. The van der Waals surface area contributed by atoms with Crippen LogP contribution in [-0.2, 0) is 6.54 Å². The predicted octanol–water partition coefficient (Wildman–Crippen LogP) is 3.97. The molecule has 0 amide bonds. The van der Waals surface area contributed by atoms with Gasteiger partial charge in [-0.15, -0.1) is 0 Å². The number of hydrogen-bond acceptors (Lipinski definition) is 8. The lowest BCUT2D eigenvalue weighted by Crippen LogP contribution is -2.26. The molecule has 10 heteroatoms. The highest BCUT2D eigenvalue weighted by Crippen LogP contribution is 2.34. The standard InChI is InChI=1S/C21H30ClN7O2/c1-10(2)17-18-19(29(28-17)11(3)4)20(27-21(26-18)25-8-12(5)23)24-9-14-15(30)6-13(22)7-16(14)31/h6-7,10-12,30-31H,8-9,23H2,1-5H3,(H2,24,25,26,27). The van der Waals surface area contributed by atoms with E-state index in [4.69, 9.17) is 27.4 Å². The molecule has 0 aliphatic heterocycles. The average molecular weight is 448 g/mol. The topological polar surface area (TPSA) is 134 Å². The molecule has 0 saturated carbocycles. The van der Waals surface area contributed by atoms with Crippen molar-refractivity contribution in [2.75, 3.05) is 17.2 Å². The van der Waals surface area contributed by atoms with Crippen LogP contribution in [-0.4, -0.2) is 42.5 Å². The Morgan fingerprint density at radius 3 is 2.26 bits per heavy atom. The van der Waals surface area contributed by atoms with Gasteiger partial charge in [0.05, 0.1) is 11.3 Å². The number of nitrogens with one attached hydrogen (secondary N) is 2. The Morgan fingerprint density at radius 2 is 1.71 bits per heavy atom. The summed E-state index contributed by atoms with van der Waals surface area (Å²) in [6.07, 6.45) is 0. The molecule has 168 valence electrons. The molecule has 2 heterocycles. The number of halogens is 1. The number of phenolic OH excluding ortho intramolecular Hbond substituents is 2. The zero-order valence-corrected chi connectivity index (χ0v) is 19.2. The number of phenols is 2.